The second-order valence-electron chi connectivity index (χ2n) is 5.83. The molecular weight excluding hydrogens is 255 g/mol. The molecule has 108 valence electrons. The van der Waals surface area contributed by atoms with E-state index >= 15 is 0 Å². The van der Waals surface area contributed by atoms with Crippen LogP contribution in [-0.4, -0.2) is 30.4 Å². The van der Waals surface area contributed by atoms with Gasteiger partial charge in [-0.15, -0.1) is 0 Å². The Hall–Kier alpha value is -1.53. The molecule has 20 heavy (non-hydrogen) atoms. The van der Waals surface area contributed by atoms with Crippen LogP contribution in [0.5, 0.6) is 5.75 Å². The molecule has 1 aromatic heterocycles. The first-order valence-electron chi connectivity index (χ1n) is 6.58. The van der Waals surface area contributed by atoms with Crippen LogP contribution in [-0.2, 0) is 9.31 Å². The Bertz CT molecular complexity index is 513. The maximum Gasteiger partial charge on any atom is 0.487 e. The van der Waals surface area contributed by atoms with Crippen LogP contribution in [0, 0.1) is 0 Å². The van der Waals surface area contributed by atoms with Gasteiger partial charge in [-0.2, -0.15) is 0 Å². The minimum atomic E-state index is -0.387. The number of rotatable bonds is 3. The molecular formula is C14H21BN2O3. The number of ether oxygens (including phenoxy) is 1. The maximum atomic E-state index is 5.89. The zero-order valence-electron chi connectivity index (χ0n) is 12.6. The summed E-state index contributed by atoms with van der Waals surface area (Å²) >= 11 is 0. The normalized spacial score (nSPS) is 20.6. The van der Waals surface area contributed by atoms with Gasteiger partial charge in [0.15, 0.2) is 0 Å². The van der Waals surface area contributed by atoms with Crippen LogP contribution in [0.2, 0.25) is 0 Å². The first kappa shape index (κ1) is 14.9. The van der Waals surface area contributed by atoms with E-state index < -0.39 is 0 Å². The largest absolute Gasteiger partial charge is 0.496 e. The van der Waals surface area contributed by atoms with Gasteiger partial charge in [0, 0.05) is 17.8 Å². The fourth-order valence-corrected chi connectivity index (χ4v) is 1.91. The predicted octanol–water partition coefficient (Wildman–Crippen LogP) is 2.32. The molecule has 0 amide bonds. The van der Waals surface area contributed by atoms with Crippen LogP contribution < -0.4 is 10.5 Å². The predicted molar refractivity (Wildman–Crippen MR) is 80.3 cm³/mol. The van der Waals surface area contributed by atoms with Crippen molar-refractivity contribution in [3.63, 3.8) is 0 Å². The van der Waals surface area contributed by atoms with Gasteiger partial charge in [0.2, 0.25) is 0 Å². The molecule has 1 aliphatic rings. The Balaban J connectivity index is 2.16. The molecule has 5 nitrogen and oxygen atoms in total. The summed E-state index contributed by atoms with van der Waals surface area (Å²) < 4.78 is 17.0. The molecule has 0 spiro atoms. The van der Waals surface area contributed by atoms with Crippen molar-refractivity contribution < 1.29 is 14.0 Å². The summed E-state index contributed by atoms with van der Waals surface area (Å²) in [5.41, 5.74) is 5.77. The van der Waals surface area contributed by atoms with Gasteiger partial charge >= 0.3 is 7.12 Å². The maximum absolute atomic E-state index is 5.89. The van der Waals surface area contributed by atoms with E-state index in [1.807, 2.05) is 39.7 Å². The topological polar surface area (TPSA) is 66.6 Å². The fraction of sp³-hybridized carbons (Fsp3) is 0.500. The van der Waals surface area contributed by atoms with Gasteiger partial charge in [-0.05, 0) is 27.7 Å². The van der Waals surface area contributed by atoms with Gasteiger partial charge in [0.25, 0.3) is 0 Å². The summed E-state index contributed by atoms with van der Waals surface area (Å²) in [6.45, 7) is 8.08. The van der Waals surface area contributed by atoms with E-state index in [1.54, 1.807) is 19.4 Å². The number of anilines is 1. The zero-order chi connectivity index (χ0) is 15.0. The number of methoxy groups -OCH3 is 1. The van der Waals surface area contributed by atoms with Crippen molar-refractivity contribution in [2.24, 2.45) is 0 Å². The lowest BCUT2D eigenvalue weighted by Gasteiger charge is -2.32. The van der Waals surface area contributed by atoms with Crippen molar-refractivity contribution in [1.29, 1.82) is 0 Å². The van der Waals surface area contributed by atoms with E-state index in [0.717, 1.165) is 5.56 Å². The van der Waals surface area contributed by atoms with Crippen LogP contribution in [0.3, 0.4) is 0 Å². The third-order valence-corrected chi connectivity index (χ3v) is 3.84. The molecule has 2 rings (SSSR count). The quantitative estimate of drug-likeness (QED) is 0.858. The second-order valence-corrected chi connectivity index (χ2v) is 5.83. The number of nitrogens with two attached hydrogens (primary N) is 1. The Morgan fingerprint density at radius 2 is 1.85 bits per heavy atom. The molecule has 0 atom stereocenters. The van der Waals surface area contributed by atoms with Gasteiger partial charge in [-0.25, -0.2) is 4.98 Å². The van der Waals surface area contributed by atoms with Crippen LogP contribution in [0.15, 0.2) is 18.2 Å². The SMILES string of the molecule is COc1cc(N)ncc1/C=C/B1OC(C)(C)C(C)(C)O1. The van der Waals surface area contributed by atoms with Gasteiger partial charge in [-0.3, -0.25) is 0 Å². The van der Waals surface area contributed by atoms with E-state index in [4.69, 9.17) is 19.8 Å². The lowest BCUT2D eigenvalue weighted by molar-refractivity contribution is 0.00578. The molecule has 0 aromatic carbocycles. The number of aromatic nitrogens is 1. The molecule has 0 saturated carbocycles. The van der Waals surface area contributed by atoms with Crippen molar-refractivity contribution in [2.45, 2.75) is 38.9 Å². The molecule has 1 saturated heterocycles. The van der Waals surface area contributed by atoms with E-state index in [1.165, 1.54) is 0 Å². The number of hydrogen-bond acceptors (Lipinski definition) is 5. The standard InChI is InChI=1S/C14H21BN2O3/c1-13(2)14(3,4)20-15(19-13)7-6-10-9-17-12(16)8-11(10)18-5/h6-9H,1-5H3,(H2,16,17)/b7-6+. The third-order valence-electron chi connectivity index (χ3n) is 3.84. The molecule has 1 aromatic rings. The van der Waals surface area contributed by atoms with E-state index in [2.05, 4.69) is 4.98 Å². The highest BCUT2D eigenvalue weighted by Gasteiger charge is 2.49. The highest BCUT2D eigenvalue weighted by atomic mass is 16.7. The van der Waals surface area contributed by atoms with E-state index in [0.29, 0.717) is 11.6 Å². The zero-order valence-corrected chi connectivity index (χ0v) is 12.6. The summed E-state index contributed by atoms with van der Waals surface area (Å²) in [5.74, 6) is 2.95. The number of nitrogen functional groups attached to an aromatic ring is 1. The van der Waals surface area contributed by atoms with Gasteiger partial charge < -0.3 is 19.8 Å². The Labute approximate surface area is 120 Å². The second kappa shape index (κ2) is 5.11. The Kier molecular flexibility index (Phi) is 3.80. The van der Waals surface area contributed by atoms with Crippen LogP contribution in [0.4, 0.5) is 5.82 Å². The number of pyridine rings is 1. The Morgan fingerprint density at radius 1 is 1.25 bits per heavy atom. The minimum Gasteiger partial charge on any atom is -0.496 e. The van der Waals surface area contributed by atoms with E-state index in [-0.39, 0.29) is 18.3 Å². The number of hydrogen-bond donors (Lipinski definition) is 1. The fourth-order valence-electron chi connectivity index (χ4n) is 1.91. The molecule has 0 aliphatic carbocycles. The van der Waals surface area contributed by atoms with Crippen molar-refractivity contribution in [2.75, 3.05) is 12.8 Å². The van der Waals surface area contributed by atoms with E-state index in [9.17, 15) is 0 Å². The van der Waals surface area contributed by atoms with Gasteiger partial charge in [0.05, 0.1) is 18.3 Å². The molecule has 1 fully saturated rings. The lowest BCUT2D eigenvalue weighted by Crippen LogP contribution is -2.41. The summed E-state index contributed by atoms with van der Waals surface area (Å²) in [4.78, 5) is 4.06. The Morgan fingerprint density at radius 3 is 2.40 bits per heavy atom. The first-order valence-corrected chi connectivity index (χ1v) is 6.58. The molecule has 2 heterocycles. The van der Waals surface area contributed by atoms with Crippen LogP contribution >= 0.6 is 0 Å². The number of nitrogens with zero attached hydrogens (tertiary/aromatic N) is 1. The van der Waals surface area contributed by atoms with Crippen LogP contribution in [0.1, 0.15) is 33.3 Å². The summed E-state index contributed by atoms with van der Waals surface area (Å²) in [7, 11) is 1.21. The molecule has 0 radical (unpaired) electrons. The minimum absolute atomic E-state index is 0.342. The van der Waals surface area contributed by atoms with Gasteiger partial charge in [0.1, 0.15) is 11.6 Å². The van der Waals surface area contributed by atoms with Gasteiger partial charge in [-0.1, -0.05) is 12.1 Å². The van der Waals surface area contributed by atoms with Crippen LogP contribution in [0.25, 0.3) is 6.08 Å². The average Bonchev–Trinajstić information content (AvgIpc) is 2.56. The van der Waals surface area contributed by atoms with Crippen molar-refractivity contribution in [3.8, 4) is 5.75 Å². The summed E-state index contributed by atoms with van der Waals surface area (Å²) in [6, 6.07) is 1.68. The average molecular weight is 276 g/mol. The molecule has 0 unspecified atom stereocenters. The summed E-state index contributed by atoms with van der Waals surface area (Å²) in [6.07, 6.45) is 3.53. The molecule has 0 bridgehead atoms. The summed E-state index contributed by atoms with van der Waals surface area (Å²) in [5, 5.41) is 0. The van der Waals surface area contributed by atoms with Crippen molar-refractivity contribution in [3.05, 3.63) is 23.8 Å². The highest BCUT2D eigenvalue weighted by molar-refractivity contribution is 6.52. The lowest BCUT2D eigenvalue weighted by atomic mass is 9.89. The molecule has 6 heteroatoms. The third kappa shape index (κ3) is 2.81. The van der Waals surface area contributed by atoms with Crippen molar-refractivity contribution in [1.82, 2.24) is 4.98 Å². The molecule has 2 N–H and O–H groups in total. The first-order chi connectivity index (χ1) is 9.25. The monoisotopic (exact) mass is 276 g/mol. The molecule has 1 aliphatic heterocycles. The van der Waals surface area contributed by atoms with Crippen molar-refractivity contribution >= 4 is 19.0 Å². The highest BCUT2D eigenvalue weighted by Crippen LogP contribution is 2.37. The smallest absolute Gasteiger partial charge is 0.487 e.